The molecular weight excluding hydrogens is 657 g/mol. The molecule has 2 N–H and O–H groups in total. The van der Waals surface area contributed by atoms with Gasteiger partial charge in [-0.3, -0.25) is 19.2 Å². The molecule has 6 rings (SSSR count). The zero-order chi connectivity index (χ0) is 34.5. The van der Waals surface area contributed by atoms with Gasteiger partial charge in [-0.1, -0.05) is 24.3 Å². The van der Waals surface area contributed by atoms with Crippen LogP contribution in [0.1, 0.15) is 35.4 Å². The molecular formula is C32H44N8O6S2. The average molecular weight is 701 g/mol. The summed E-state index contributed by atoms with van der Waals surface area (Å²) < 4.78 is 64.7. The van der Waals surface area contributed by atoms with Gasteiger partial charge >= 0.3 is 0 Å². The van der Waals surface area contributed by atoms with E-state index < -0.39 is 20.0 Å². The Labute approximate surface area is 282 Å². The number of rotatable bonds is 13. The summed E-state index contributed by atoms with van der Waals surface area (Å²) in [7, 11) is -0.780. The Bertz CT molecular complexity index is 1830. The SMILES string of the molecule is COc1ccc(CN(Cc2ccc(OC)cc2)S(=O)(=O)c2cc(CN3CCC3)n(C)n2)cc1.Cn1nc(S(N)(=O)=O)cc1CN1CCC1. The molecule has 260 valence electrons. The highest BCUT2D eigenvalue weighted by atomic mass is 32.2. The molecule has 2 aromatic carbocycles. The monoisotopic (exact) mass is 700 g/mol. The van der Waals surface area contributed by atoms with E-state index >= 15 is 0 Å². The fraction of sp³-hybridized carbons (Fsp3) is 0.438. The molecule has 0 bridgehead atoms. The number of sulfonamides is 2. The number of aromatic nitrogens is 4. The fourth-order valence-electron chi connectivity index (χ4n) is 5.28. The number of likely N-dealkylation sites (tertiary alicyclic amines) is 2. The standard InChI is InChI=1S/C24H30N4O4S.C8H14N4O2S/c1-26-21(18-27-13-4-14-27)15-24(25-26)33(29,30)28(16-19-5-9-22(31-2)10-6-19)17-20-7-11-23(32-3)12-8-20;1-11-7(6-12-3-2-4-12)5-8(10-11)15(9,13)14/h5-12,15H,4,13-14,16-18H2,1-3H3;5H,2-4,6H2,1H3,(H2,9,13,14). The molecule has 2 fully saturated rings. The molecule has 4 aromatic rings. The summed E-state index contributed by atoms with van der Waals surface area (Å²) in [5, 5.41) is 13.3. The van der Waals surface area contributed by atoms with Crippen LogP contribution in [0, 0.1) is 0 Å². The highest BCUT2D eigenvalue weighted by Gasteiger charge is 2.29. The van der Waals surface area contributed by atoms with Gasteiger partial charge in [0.05, 0.1) is 25.6 Å². The first-order chi connectivity index (χ1) is 22.8. The van der Waals surface area contributed by atoms with Crippen LogP contribution in [0.25, 0.3) is 0 Å². The van der Waals surface area contributed by atoms with Crippen LogP contribution in [0.5, 0.6) is 11.5 Å². The molecule has 0 aliphatic carbocycles. The molecule has 4 heterocycles. The maximum absolute atomic E-state index is 13.7. The molecule has 14 nitrogen and oxygen atoms in total. The average Bonchev–Trinajstić information content (AvgIpc) is 3.59. The summed E-state index contributed by atoms with van der Waals surface area (Å²) in [6.07, 6.45) is 2.39. The fourth-order valence-corrected chi connectivity index (χ4v) is 7.23. The summed E-state index contributed by atoms with van der Waals surface area (Å²) in [6, 6.07) is 18.1. The van der Waals surface area contributed by atoms with Gasteiger partial charge < -0.3 is 9.47 Å². The quantitative estimate of drug-likeness (QED) is 0.220. The zero-order valence-electron chi connectivity index (χ0n) is 27.8. The number of primary sulfonamides is 1. The third-order valence-corrected chi connectivity index (χ3v) is 11.0. The molecule has 2 aliphatic rings. The number of benzene rings is 2. The van der Waals surface area contributed by atoms with Gasteiger partial charge in [-0.2, -0.15) is 14.5 Å². The zero-order valence-corrected chi connectivity index (χ0v) is 29.5. The first kappa shape index (κ1) is 35.5. The molecule has 0 amide bonds. The van der Waals surface area contributed by atoms with Crippen LogP contribution in [0.3, 0.4) is 0 Å². The minimum absolute atomic E-state index is 0.0551. The third-order valence-electron chi connectivity index (χ3n) is 8.51. The smallest absolute Gasteiger partial charge is 0.262 e. The second-order valence-corrected chi connectivity index (χ2v) is 15.4. The summed E-state index contributed by atoms with van der Waals surface area (Å²) in [4.78, 5) is 4.50. The lowest BCUT2D eigenvalue weighted by atomic mass is 10.2. The van der Waals surface area contributed by atoms with E-state index in [2.05, 4.69) is 20.0 Å². The highest BCUT2D eigenvalue weighted by Crippen LogP contribution is 2.24. The van der Waals surface area contributed by atoms with E-state index in [-0.39, 0.29) is 23.1 Å². The van der Waals surface area contributed by atoms with Crippen molar-refractivity contribution in [1.29, 1.82) is 0 Å². The van der Waals surface area contributed by atoms with E-state index in [9.17, 15) is 16.8 Å². The number of nitrogens with zero attached hydrogens (tertiary/aromatic N) is 7. The van der Waals surface area contributed by atoms with Crippen molar-refractivity contribution in [3.63, 3.8) is 0 Å². The lowest BCUT2D eigenvalue weighted by Crippen LogP contribution is -2.36. The Morgan fingerprint density at radius 1 is 0.688 bits per heavy atom. The van der Waals surface area contributed by atoms with Crippen LogP contribution in [-0.2, 0) is 60.3 Å². The van der Waals surface area contributed by atoms with Crippen LogP contribution in [0.15, 0.2) is 70.7 Å². The highest BCUT2D eigenvalue weighted by molar-refractivity contribution is 7.89. The van der Waals surface area contributed by atoms with E-state index in [4.69, 9.17) is 14.6 Å². The lowest BCUT2D eigenvalue weighted by Gasteiger charge is -2.30. The Kier molecular flexibility index (Phi) is 11.2. The van der Waals surface area contributed by atoms with Crippen LogP contribution >= 0.6 is 0 Å². The number of methoxy groups -OCH3 is 2. The van der Waals surface area contributed by atoms with Crippen LogP contribution in [0.2, 0.25) is 0 Å². The minimum Gasteiger partial charge on any atom is -0.497 e. The summed E-state index contributed by atoms with van der Waals surface area (Å²) >= 11 is 0. The summed E-state index contributed by atoms with van der Waals surface area (Å²) in [6.45, 7) is 6.08. The van der Waals surface area contributed by atoms with Gasteiger partial charge in [0, 0.05) is 52.4 Å². The molecule has 16 heteroatoms. The van der Waals surface area contributed by atoms with E-state index in [0.29, 0.717) is 6.54 Å². The van der Waals surface area contributed by atoms with E-state index in [0.717, 1.165) is 66.7 Å². The largest absolute Gasteiger partial charge is 0.497 e. The Balaban J connectivity index is 0.000000250. The Hall–Kier alpha value is -3.80. The number of hydrogen-bond donors (Lipinski definition) is 1. The maximum atomic E-state index is 13.7. The second-order valence-electron chi connectivity index (χ2n) is 12.0. The molecule has 0 unspecified atom stereocenters. The van der Waals surface area contributed by atoms with Gasteiger partial charge in [-0.05, 0) is 74.4 Å². The molecule has 0 saturated carbocycles. The molecule has 2 aromatic heterocycles. The Morgan fingerprint density at radius 3 is 1.42 bits per heavy atom. The molecule has 0 radical (unpaired) electrons. The molecule has 48 heavy (non-hydrogen) atoms. The van der Waals surface area contributed by atoms with Gasteiger partial charge in [0.1, 0.15) is 11.5 Å². The summed E-state index contributed by atoms with van der Waals surface area (Å²) in [5.41, 5.74) is 3.50. The molecule has 2 saturated heterocycles. The van der Waals surface area contributed by atoms with Crippen molar-refractivity contribution in [2.24, 2.45) is 19.2 Å². The predicted octanol–water partition coefficient (Wildman–Crippen LogP) is 2.31. The van der Waals surface area contributed by atoms with Crippen molar-refractivity contribution in [1.82, 2.24) is 33.7 Å². The van der Waals surface area contributed by atoms with Crippen molar-refractivity contribution < 1.29 is 26.3 Å². The van der Waals surface area contributed by atoms with Gasteiger partial charge in [-0.15, -0.1) is 0 Å². The number of nitrogens with two attached hydrogens (primary N) is 1. The normalized spacial score (nSPS) is 15.4. The summed E-state index contributed by atoms with van der Waals surface area (Å²) in [5.74, 6) is 1.45. The van der Waals surface area contributed by atoms with Crippen LogP contribution in [0.4, 0.5) is 0 Å². The molecule has 0 atom stereocenters. The first-order valence-corrected chi connectivity index (χ1v) is 18.6. The van der Waals surface area contributed by atoms with Crippen molar-refractivity contribution in [2.45, 2.75) is 49.1 Å². The molecule has 0 spiro atoms. The van der Waals surface area contributed by atoms with Crippen molar-refractivity contribution in [2.75, 3.05) is 40.4 Å². The van der Waals surface area contributed by atoms with Crippen molar-refractivity contribution in [3.8, 4) is 11.5 Å². The van der Waals surface area contributed by atoms with E-state index in [1.807, 2.05) is 48.5 Å². The lowest BCUT2D eigenvalue weighted by molar-refractivity contribution is 0.168. The van der Waals surface area contributed by atoms with Gasteiger partial charge in [-0.25, -0.2) is 22.0 Å². The van der Waals surface area contributed by atoms with Gasteiger partial charge in [0.15, 0.2) is 10.1 Å². The second kappa shape index (κ2) is 15.2. The number of aryl methyl sites for hydroxylation is 2. The third kappa shape index (κ3) is 8.80. The van der Waals surface area contributed by atoms with Crippen LogP contribution < -0.4 is 14.6 Å². The van der Waals surface area contributed by atoms with Gasteiger partial charge in [0.25, 0.3) is 20.0 Å². The Morgan fingerprint density at radius 2 is 1.08 bits per heavy atom. The first-order valence-electron chi connectivity index (χ1n) is 15.6. The van der Waals surface area contributed by atoms with Crippen molar-refractivity contribution >= 4 is 20.0 Å². The topological polar surface area (TPSA) is 158 Å². The number of ether oxygens (including phenoxy) is 2. The van der Waals surface area contributed by atoms with E-state index in [1.54, 1.807) is 43.7 Å². The molecule has 2 aliphatic heterocycles. The van der Waals surface area contributed by atoms with Gasteiger partial charge in [0.2, 0.25) is 0 Å². The van der Waals surface area contributed by atoms with E-state index in [1.165, 1.54) is 23.2 Å². The maximum Gasteiger partial charge on any atom is 0.262 e. The van der Waals surface area contributed by atoms with Crippen LogP contribution in [-0.4, -0.2) is 90.9 Å². The van der Waals surface area contributed by atoms with Crippen molar-refractivity contribution in [3.05, 3.63) is 83.2 Å². The predicted molar refractivity (Wildman–Crippen MR) is 180 cm³/mol. The minimum atomic E-state index is -3.83. The number of hydrogen-bond acceptors (Lipinski definition) is 10.